The van der Waals surface area contributed by atoms with E-state index in [-0.39, 0.29) is 30.9 Å². The van der Waals surface area contributed by atoms with Crippen molar-refractivity contribution in [2.45, 2.75) is 26.4 Å². The highest BCUT2D eigenvalue weighted by Crippen LogP contribution is 2.21. The summed E-state index contributed by atoms with van der Waals surface area (Å²) in [6.45, 7) is 4.92. The van der Waals surface area contributed by atoms with Crippen LogP contribution >= 0.6 is 0 Å². The molecule has 0 bridgehead atoms. The molecule has 0 fully saturated rings. The molecule has 1 atom stereocenters. The summed E-state index contributed by atoms with van der Waals surface area (Å²) in [5.41, 5.74) is -1.13. The first-order chi connectivity index (χ1) is 12.5. The predicted octanol–water partition coefficient (Wildman–Crippen LogP) is 0.678. The van der Waals surface area contributed by atoms with Gasteiger partial charge in [-0.2, -0.15) is 0 Å². The van der Waals surface area contributed by atoms with E-state index in [1.54, 1.807) is 25.9 Å². The van der Waals surface area contributed by atoms with E-state index in [1.165, 1.54) is 13.8 Å². The molecule has 150 valence electrons. The topological polar surface area (TPSA) is 108 Å². The number of hydrogen-bond acceptors (Lipinski definition) is 6. The highest BCUT2D eigenvalue weighted by atomic mass is 19.1. The van der Waals surface area contributed by atoms with Gasteiger partial charge in [-0.3, -0.25) is 9.59 Å². The molecule has 0 heterocycles. The maximum Gasteiger partial charge on any atom is 0.338 e. The first-order valence-corrected chi connectivity index (χ1v) is 8.40. The average molecular weight is 383 g/mol. The van der Waals surface area contributed by atoms with E-state index < -0.39 is 29.2 Å². The molecule has 0 aliphatic heterocycles. The highest BCUT2D eigenvalue weighted by Gasteiger charge is 2.25. The number of benzene rings is 1. The molecule has 1 aromatic rings. The second-order valence-electron chi connectivity index (χ2n) is 6.74. The van der Waals surface area contributed by atoms with Gasteiger partial charge in [0.2, 0.25) is 0 Å². The Balaban J connectivity index is 2.82. The van der Waals surface area contributed by atoms with Crippen molar-refractivity contribution in [2.24, 2.45) is 0 Å². The van der Waals surface area contributed by atoms with Gasteiger partial charge in [-0.25, -0.2) is 9.18 Å². The van der Waals surface area contributed by atoms with Gasteiger partial charge in [0.1, 0.15) is 5.82 Å². The monoisotopic (exact) mass is 383 g/mol. The maximum atomic E-state index is 14.1. The van der Waals surface area contributed by atoms with Crippen LogP contribution in [0.3, 0.4) is 0 Å². The van der Waals surface area contributed by atoms with Gasteiger partial charge in [-0.05, 0) is 52.6 Å². The number of carbonyl (C=O) groups excluding carboxylic acids is 3. The molecular formula is C18H26FN3O5. The Morgan fingerprint density at radius 1 is 1.26 bits per heavy atom. The lowest BCUT2D eigenvalue weighted by atomic mass is 10.1. The van der Waals surface area contributed by atoms with Crippen molar-refractivity contribution < 1.29 is 28.6 Å². The number of ether oxygens (including phenoxy) is 1. The Morgan fingerprint density at radius 3 is 2.44 bits per heavy atom. The molecule has 0 aliphatic carbocycles. The third-order valence-electron chi connectivity index (χ3n) is 3.55. The molecule has 0 aliphatic rings. The molecule has 27 heavy (non-hydrogen) atoms. The van der Waals surface area contributed by atoms with Gasteiger partial charge >= 0.3 is 17.8 Å². The summed E-state index contributed by atoms with van der Waals surface area (Å²) in [5, 5.41) is 14.5. The van der Waals surface area contributed by atoms with Crippen LogP contribution in [-0.2, 0) is 14.3 Å². The fourth-order valence-corrected chi connectivity index (χ4v) is 2.46. The summed E-state index contributed by atoms with van der Waals surface area (Å²) < 4.78 is 19.0. The lowest BCUT2D eigenvalue weighted by Gasteiger charge is -2.26. The van der Waals surface area contributed by atoms with Crippen LogP contribution in [0.4, 0.5) is 10.1 Å². The summed E-state index contributed by atoms with van der Waals surface area (Å²) in [5.74, 6) is -3.60. The van der Waals surface area contributed by atoms with E-state index in [2.05, 4.69) is 10.6 Å². The van der Waals surface area contributed by atoms with Gasteiger partial charge in [0.05, 0.1) is 23.5 Å². The Labute approximate surface area is 157 Å². The molecule has 1 unspecified atom stereocenters. The van der Waals surface area contributed by atoms with Crippen LogP contribution in [0.1, 0.15) is 29.8 Å². The van der Waals surface area contributed by atoms with E-state index in [1.807, 2.05) is 0 Å². The third-order valence-corrected chi connectivity index (χ3v) is 3.55. The molecule has 0 spiro atoms. The summed E-state index contributed by atoms with van der Waals surface area (Å²) in [6.07, 6.45) is 0. The minimum absolute atomic E-state index is 0.0860. The largest absolute Gasteiger partial charge is 0.462 e. The van der Waals surface area contributed by atoms with Crippen molar-refractivity contribution in [1.29, 1.82) is 0 Å². The molecule has 0 saturated heterocycles. The molecule has 3 N–H and O–H groups in total. The fourth-order valence-electron chi connectivity index (χ4n) is 2.46. The lowest BCUT2D eigenvalue weighted by molar-refractivity contribution is -0.136. The molecule has 2 amide bonds. The first kappa shape index (κ1) is 22.5. The van der Waals surface area contributed by atoms with Crippen LogP contribution in [-0.4, -0.2) is 67.2 Å². The summed E-state index contributed by atoms with van der Waals surface area (Å²) >= 11 is 0. The minimum atomic E-state index is -1.24. The van der Waals surface area contributed by atoms with Crippen molar-refractivity contribution in [3.8, 4) is 0 Å². The van der Waals surface area contributed by atoms with Gasteiger partial charge in [0, 0.05) is 13.1 Å². The molecule has 0 radical (unpaired) electrons. The van der Waals surface area contributed by atoms with Crippen molar-refractivity contribution >= 4 is 23.5 Å². The second kappa shape index (κ2) is 9.43. The van der Waals surface area contributed by atoms with E-state index >= 15 is 0 Å². The standard InChI is InChI=1S/C18H26FN3O5/c1-6-27-17(25)12-8-14(13(19)7-11(12)2)21-16(24)15(23)20-9-18(3,26)10-22(4)5/h7-8,26H,6,9-10H2,1-5H3,(H,20,23)(H,21,24). The van der Waals surface area contributed by atoms with Gasteiger partial charge < -0.3 is 25.4 Å². The number of anilines is 1. The number of nitrogens with zero attached hydrogens (tertiary/aromatic N) is 1. The first-order valence-electron chi connectivity index (χ1n) is 8.40. The SMILES string of the molecule is CCOC(=O)c1cc(NC(=O)C(=O)NCC(C)(O)CN(C)C)c(F)cc1C. The van der Waals surface area contributed by atoms with Crippen LogP contribution in [0, 0.1) is 12.7 Å². The Kier molecular flexibility index (Phi) is 7.86. The van der Waals surface area contributed by atoms with E-state index in [0.29, 0.717) is 5.56 Å². The van der Waals surface area contributed by atoms with Crippen LogP contribution in [0.25, 0.3) is 0 Å². The van der Waals surface area contributed by atoms with Crippen LogP contribution in [0.5, 0.6) is 0 Å². The van der Waals surface area contributed by atoms with Crippen molar-refractivity contribution in [2.75, 3.05) is 39.1 Å². The van der Waals surface area contributed by atoms with Crippen LogP contribution in [0.2, 0.25) is 0 Å². The number of hydrogen-bond donors (Lipinski definition) is 3. The Hall–Kier alpha value is -2.52. The molecule has 0 aromatic heterocycles. The zero-order valence-electron chi connectivity index (χ0n) is 16.2. The normalized spacial score (nSPS) is 13.0. The highest BCUT2D eigenvalue weighted by molar-refractivity contribution is 6.39. The van der Waals surface area contributed by atoms with Gasteiger partial charge in [0.15, 0.2) is 0 Å². The van der Waals surface area contributed by atoms with Gasteiger partial charge in [0.25, 0.3) is 0 Å². The van der Waals surface area contributed by atoms with Crippen LogP contribution in [0.15, 0.2) is 12.1 Å². The Morgan fingerprint density at radius 2 is 1.89 bits per heavy atom. The zero-order valence-corrected chi connectivity index (χ0v) is 16.2. The average Bonchev–Trinajstić information content (AvgIpc) is 2.54. The van der Waals surface area contributed by atoms with E-state index in [0.717, 1.165) is 12.1 Å². The minimum Gasteiger partial charge on any atom is -0.462 e. The number of amides is 2. The predicted molar refractivity (Wildman–Crippen MR) is 97.9 cm³/mol. The van der Waals surface area contributed by atoms with Gasteiger partial charge in [-0.15, -0.1) is 0 Å². The number of esters is 1. The number of likely N-dealkylation sites (N-methyl/N-ethyl adjacent to an activating group) is 1. The van der Waals surface area contributed by atoms with Crippen molar-refractivity contribution in [1.82, 2.24) is 10.2 Å². The van der Waals surface area contributed by atoms with Crippen molar-refractivity contribution in [3.63, 3.8) is 0 Å². The number of carbonyl (C=O) groups is 3. The quantitative estimate of drug-likeness (QED) is 0.472. The van der Waals surface area contributed by atoms with Crippen LogP contribution < -0.4 is 10.6 Å². The summed E-state index contributed by atoms with van der Waals surface area (Å²) in [4.78, 5) is 37.5. The van der Waals surface area contributed by atoms with E-state index in [9.17, 15) is 23.9 Å². The van der Waals surface area contributed by atoms with E-state index in [4.69, 9.17) is 4.74 Å². The molecule has 8 nitrogen and oxygen atoms in total. The van der Waals surface area contributed by atoms with Gasteiger partial charge in [-0.1, -0.05) is 0 Å². The third kappa shape index (κ3) is 6.95. The number of aliphatic hydroxyl groups is 1. The number of aryl methyl sites for hydroxylation is 1. The lowest BCUT2D eigenvalue weighted by Crippen LogP contribution is -2.49. The maximum absolute atomic E-state index is 14.1. The molecule has 1 aromatic carbocycles. The fraction of sp³-hybridized carbons (Fsp3) is 0.500. The number of nitrogens with one attached hydrogen (secondary N) is 2. The summed E-state index contributed by atoms with van der Waals surface area (Å²) in [7, 11) is 3.51. The number of rotatable bonds is 7. The molecule has 9 heteroatoms. The summed E-state index contributed by atoms with van der Waals surface area (Å²) in [6, 6.07) is 2.19. The zero-order chi connectivity index (χ0) is 20.8. The molecular weight excluding hydrogens is 357 g/mol. The molecule has 0 saturated carbocycles. The Bertz CT molecular complexity index is 719. The second-order valence-corrected chi connectivity index (χ2v) is 6.74. The number of halogens is 1. The smallest absolute Gasteiger partial charge is 0.338 e. The molecule has 1 rings (SSSR count). The van der Waals surface area contributed by atoms with Crippen molar-refractivity contribution in [3.05, 3.63) is 29.1 Å².